The third kappa shape index (κ3) is 1.70. The first-order chi connectivity index (χ1) is 8.29. The largest absolute Gasteiger partial charge is 0.354 e. The van der Waals surface area contributed by atoms with Crippen LogP contribution in [0, 0.1) is 5.92 Å². The van der Waals surface area contributed by atoms with Crippen molar-refractivity contribution in [2.24, 2.45) is 5.92 Å². The molecule has 1 aliphatic rings. The highest BCUT2D eigenvalue weighted by molar-refractivity contribution is 5.68. The molecule has 1 aliphatic heterocycles. The maximum atomic E-state index is 6.04. The molecule has 3 rings (SSSR count). The molecule has 0 spiro atoms. The second kappa shape index (κ2) is 4.07. The SMILES string of the molecule is CC[C@H]1O[C@@H](n2cnc3cncnc32)CC1C. The van der Waals surface area contributed by atoms with Crippen molar-refractivity contribution in [1.29, 1.82) is 0 Å². The molecule has 0 N–H and O–H groups in total. The van der Waals surface area contributed by atoms with Crippen molar-refractivity contribution < 1.29 is 4.74 Å². The van der Waals surface area contributed by atoms with Crippen LogP contribution in [0.3, 0.4) is 0 Å². The quantitative estimate of drug-likeness (QED) is 0.796. The average molecular weight is 232 g/mol. The van der Waals surface area contributed by atoms with Gasteiger partial charge in [-0.05, 0) is 18.8 Å². The fourth-order valence-electron chi connectivity index (χ4n) is 2.53. The smallest absolute Gasteiger partial charge is 0.165 e. The summed E-state index contributed by atoms with van der Waals surface area (Å²) in [4.78, 5) is 12.5. The van der Waals surface area contributed by atoms with Gasteiger partial charge < -0.3 is 4.74 Å². The van der Waals surface area contributed by atoms with Crippen LogP contribution < -0.4 is 0 Å². The maximum Gasteiger partial charge on any atom is 0.165 e. The third-order valence-electron chi connectivity index (χ3n) is 3.49. The van der Waals surface area contributed by atoms with Crippen LogP contribution in [0.1, 0.15) is 32.9 Å². The monoisotopic (exact) mass is 232 g/mol. The van der Waals surface area contributed by atoms with Gasteiger partial charge >= 0.3 is 0 Å². The lowest BCUT2D eigenvalue weighted by atomic mass is 10.0. The lowest BCUT2D eigenvalue weighted by molar-refractivity contribution is -0.00304. The molecule has 0 bridgehead atoms. The molecule has 5 heteroatoms. The van der Waals surface area contributed by atoms with Gasteiger partial charge in [0.2, 0.25) is 0 Å². The van der Waals surface area contributed by atoms with E-state index in [1.165, 1.54) is 0 Å². The van der Waals surface area contributed by atoms with Crippen LogP contribution in [0.4, 0.5) is 0 Å². The predicted molar refractivity (Wildman–Crippen MR) is 63.3 cm³/mol. The highest BCUT2D eigenvalue weighted by Crippen LogP contribution is 2.35. The second-order valence-corrected chi connectivity index (χ2v) is 4.63. The lowest BCUT2D eigenvalue weighted by Gasteiger charge is -2.14. The van der Waals surface area contributed by atoms with E-state index in [-0.39, 0.29) is 6.23 Å². The second-order valence-electron chi connectivity index (χ2n) is 4.63. The molecule has 90 valence electrons. The molecule has 0 aromatic carbocycles. The minimum Gasteiger partial charge on any atom is -0.354 e. The van der Waals surface area contributed by atoms with Crippen molar-refractivity contribution in [2.45, 2.75) is 39.0 Å². The Hall–Kier alpha value is -1.49. The minimum absolute atomic E-state index is 0.0647. The number of hydrogen-bond acceptors (Lipinski definition) is 4. The molecule has 17 heavy (non-hydrogen) atoms. The van der Waals surface area contributed by atoms with Crippen LogP contribution in [-0.4, -0.2) is 25.6 Å². The van der Waals surface area contributed by atoms with E-state index in [1.54, 1.807) is 18.9 Å². The molecule has 0 saturated carbocycles. The molecule has 1 saturated heterocycles. The zero-order chi connectivity index (χ0) is 11.8. The molecule has 5 nitrogen and oxygen atoms in total. The topological polar surface area (TPSA) is 52.8 Å². The Labute approximate surface area is 99.9 Å². The van der Waals surface area contributed by atoms with Gasteiger partial charge in [-0.15, -0.1) is 0 Å². The van der Waals surface area contributed by atoms with Crippen LogP contribution in [0.15, 0.2) is 18.9 Å². The van der Waals surface area contributed by atoms with Crippen molar-refractivity contribution >= 4 is 11.2 Å². The minimum atomic E-state index is 0.0647. The van der Waals surface area contributed by atoms with E-state index >= 15 is 0 Å². The summed E-state index contributed by atoms with van der Waals surface area (Å²) in [5, 5.41) is 0. The number of imidazole rings is 1. The van der Waals surface area contributed by atoms with E-state index in [9.17, 15) is 0 Å². The number of aromatic nitrogens is 4. The van der Waals surface area contributed by atoms with Crippen LogP contribution in [0.5, 0.6) is 0 Å². The molecule has 3 atom stereocenters. The van der Waals surface area contributed by atoms with Crippen molar-refractivity contribution in [3.63, 3.8) is 0 Å². The highest BCUT2D eigenvalue weighted by atomic mass is 16.5. The van der Waals surface area contributed by atoms with Crippen molar-refractivity contribution in [1.82, 2.24) is 19.5 Å². The first kappa shape index (κ1) is 10.7. The van der Waals surface area contributed by atoms with E-state index in [1.807, 2.05) is 4.57 Å². The van der Waals surface area contributed by atoms with Crippen LogP contribution in [-0.2, 0) is 4.74 Å². The Morgan fingerprint density at radius 2 is 2.35 bits per heavy atom. The van der Waals surface area contributed by atoms with E-state index in [4.69, 9.17) is 4.74 Å². The highest BCUT2D eigenvalue weighted by Gasteiger charge is 2.32. The summed E-state index contributed by atoms with van der Waals surface area (Å²) in [6.45, 7) is 4.40. The first-order valence-electron chi connectivity index (χ1n) is 6.07. The summed E-state index contributed by atoms with van der Waals surface area (Å²) in [6, 6.07) is 0. The van der Waals surface area contributed by atoms with Crippen molar-refractivity contribution in [3.05, 3.63) is 18.9 Å². The van der Waals surface area contributed by atoms with Gasteiger partial charge in [0, 0.05) is 0 Å². The maximum absolute atomic E-state index is 6.04. The van der Waals surface area contributed by atoms with Gasteiger partial charge in [-0.1, -0.05) is 13.8 Å². The fourth-order valence-corrected chi connectivity index (χ4v) is 2.53. The normalized spacial score (nSPS) is 28.9. The standard InChI is InChI=1S/C12H16N4O/c1-3-10-8(2)4-11(17-10)16-7-15-9-5-13-6-14-12(9)16/h5-8,10-11H,3-4H2,1-2H3/t8?,10-,11-/m1/s1. The Balaban J connectivity index is 1.95. The fraction of sp³-hybridized carbons (Fsp3) is 0.583. The number of nitrogens with zero attached hydrogens (tertiary/aromatic N) is 4. The first-order valence-corrected chi connectivity index (χ1v) is 6.07. The number of rotatable bonds is 2. The van der Waals surface area contributed by atoms with Crippen LogP contribution in [0.2, 0.25) is 0 Å². The van der Waals surface area contributed by atoms with E-state index < -0.39 is 0 Å². The van der Waals surface area contributed by atoms with Crippen LogP contribution >= 0.6 is 0 Å². The molecular weight excluding hydrogens is 216 g/mol. The van der Waals surface area contributed by atoms with E-state index in [2.05, 4.69) is 28.8 Å². The van der Waals surface area contributed by atoms with Gasteiger partial charge in [0.25, 0.3) is 0 Å². The third-order valence-corrected chi connectivity index (χ3v) is 3.49. The Bertz CT molecular complexity index is 524. The van der Waals surface area contributed by atoms with Gasteiger partial charge in [-0.2, -0.15) is 0 Å². The summed E-state index contributed by atoms with van der Waals surface area (Å²) < 4.78 is 8.05. The van der Waals surface area contributed by atoms with Gasteiger partial charge in [0.1, 0.15) is 18.1 Å². The molecule has 0 amide bonds. The molecule has 0 radical (unpaired) electrons. The summed E-state index contributed by atoms with van der Waals surface area (Å²) >= 11 is 0. The Morgan fingerprint density at radius 3 is 3.12 bits per heavy atom. The molecule has 3 heterocycles. The zero-order valence-electron chi connectivity index (χ0n) is 10.1. The molecule has 1 fully saturated rings. The van der Waals surface area contributed by atoms with E-state index in [0.717, 1.165) is 24.0 Å². The summed E-state index contributed by atoms with van der Waals surface area (Å²) in [7, 11) is 0. The Morgan fingerprint density at radius 1 is 1.47 bits per heavy atom. The van der Waals surface area contributed by atoms with Gasteiger partial charge in [0.05, 0.1) is 18.6 Å². The summed E-state index contributed by atoms with van der Waals surface area (Å²) in [5.41, 5.74) is 1.68. The van der Waals surface area contributed by atoms with Gasteiger partial charge in [-0.3, -0.25) is 4.57 Å². The predicted octanol–water partition coefficient (Wildman–Crippen LogP) is 2.16. The average Bonchev–Trinajstić information content (AvgIpc) is 2.92. The summed E-state index contributed by atoms with van der Waals surface area (Å²) in [6.07, 6.45) is 7.57. The summed E-state index contributed by atoms with van der Waals surface area (Å²) in [5.74, 6) is 0.587. The van der Waals surface area contributed by atoms with Gasteiger partial charge in [0.15, 0.2) is 5.65 Å². The molecular formula is C12H16N4O. The molecule has 0 aliphatic carbocycles. The molecule has 1 unspecified atom stereocenters. The zero-order valence-corrected chi connectivity index (χ0v) is 10.1. The molecule has 2 aromatic rings. The van der Waals surface area contributed by atoms with Crippen LogP contribution in [0.25, 0.3) is 11.2 Å². The van der Waals surface area contributed by atoms with Crippen molar-refractivity contribution in [2.75, 3.05) is 0 Å². The molecule has 2 aromatic heterocycles. The van der Waals surface area contributed by atoms with Crippen molar-refractivity contribution in [3.8, 4) is 0 Å². The number of ether oxygens (including phenoxy) is 1. The van der Waals surface area contributed by atoms with E-state index in [0.29, 0.717) is 12.0 Å². The number of hydrogen-bond donors (Lipinski definition) is 0. The van der Waals surface area contributed by atoms with Gasteiger partial charge in [-0.25, -0.2) is 15.0 Å². The lowest BCUT2D eigenvalue weighted by Crippen LogP contribution is -2.12. The Kier molecular flexibility index (Phi) is 2.55. The number of fused-ring (bicyclic) bond motifs is 1.